The maximum atomic E-state index is 11.5. The minimum Gasteiger partial charge on any atom is -0.465 e. The van der Waals surface area contributed by atoms with Crippen LogP contribution in [-0.2, 0) is 14.3 Å². The average Bonchev–Trinajstić information content (AvgIpc) is 3.09. The maximum absolute atomic E-state index is 11.5. The van der Waals surface area contributed by atoms with Crippen LogP contribution >= 0.6 is 0 Å². The van der Waals surface area contributed by atoms with Gasteiger partial charge >= 0.3 is 12.1 Å². The molecule has 0 aromatic carbocycles. The lowest BCUT2D eigenvalue weighted by Gasteiger charge is -2.22. The van der Waals surface area contributed by atoms with E-state index < -0.39 is 11.7 Å². The number of esters is 1. The molecule has 0 aromatic heterocycles. The molecule has 1 fully saturated rings. The molecule has 1 rings (SSSR count). The third-order valence-corrected chi connectivity index (χ3v) is 2.77. The van der Waals surface area contributed by atoms with Gasteiger partial charge in [-0.25, -0.2) is 4.79 Å². The summed E-state index contributed by atoms with van der Waals surface area (Å²) in [5.74, 6) is -0.211. The molecular weight excluding hydrogens is 260 g/mol. The van der Waals surface area contributed by atoms with E-state index in [1.807, 2.05) is 20.8 Å². The van der Waals surface area contributed by atoms with Crippen LogP contribution in [0.2, 0.25) is 0 Å². The monoisotopic (exact) mass is 286 g/mol. The fourth-order valence-corrected chi connectivity index (χ4v) is 1.82. The number of nitrogens with zero attached hydrogens (tertiary/aromatic N) is 1. The molecule has 1 N–H and O–H groups in total. The zero-order chi connectivity index (χ0) is 15.2. The van der Waals surface area contributed by atoms with Gasteiger partial charge in [-0.3, -0.25) is 9.69 Å². The summed E-state index contributed by atoms with van der Waals surface area (Å²) in [7, 11) is 0. The molecule has 116 valence electrons. The molecule has 0 bridgehead atoms. The van der Waals surface area contributed by atoms with Gasteiger partial charge in [0.05, 0.1) is 13.2 Å². The van der Waals surface area contributed by atoms with Crippen LogP contribution in [0.15, 0.2) is 0 Å². The van der Waals surface area contributed by atoms with Gasteiger partial charge in [0.25, 0.3) is 0 Å². The third-order valence-electron chi connectivity index (χ3n) is 2.77. The fraction of sp³-hybridized carbons (Fsp3) is 0.857. The fourth-order valence-electron chi connectivity index (χ4n) is 1.82. The predicted molar refractivity (Wildman–Crippen MR) is 75.5 cm³/mol. The Morgan fingerprint density at radius 3 is 2.45 bits per heavy atom. The number of hydrogen-bond acceptors (Lipinski definition) is 5. The van der Waals surface area contributed by atoms with E-state index in [4.69, 9.17) is 9.47 Å². The van der Waals surface area contributed by atoms with Gasteiger partial charge in [0, 0.05) is 19.1 Å². The highest BCUT2D eigenvalue weighted by Gasteiger charge is 2.30. The van der Waals surface area contributed by atoms with E-state index >= 15 is 0 Å². The highest BCUT2D eigenvalue weighted by Crippen LogP contribution is 2.26. The number of alkyl carbamates (subject to hydrolysis) is 1. The van der Waals surface area contributed by atoms with E-state index in [0.717, 1.165) is 12.8 Å². The second kappa shape index (κ2) is 7.47. The second-order valence-electron chi connectivity index (χ2n) is 5.94. The summed E-state index contributed by atoms with van der Waals surface area (Å²) in [6.07, 6.45) is 1.78. The Bertz CT molecular complexity index is 335. The Morgan fingerprint density at radius 2 is 1.95 bits per heavy atom. The first-order valence-corrected chi connectivity index (χ1v) is 7.18. The second-order valence-corrected chi connectivity index (χ2v) is 5.94. The minimum atomic E-state index is -0.495. The van der Waals surface area contributed by atoms with E-state index in [-0.39, 0.29) is 12.5 Å². The summed E-state index contributed by atoms with van der Waals surface area (Å²) in [5, 5.41) is 2.70. The molecule has 0 heterocycles. The highest BCUT2D eigenvalue weighted by molar-refractivity contribution is 5.71. The lowest BCUT2D eigenvalue weighted by molar-refractivity contribution is -0.144. The van der Waals surface area contributed by atoms with E-state index in [9.17, 15) is 9.59 Å². The Hall–Kier alpha value is -1.30. The first-order chi connectivity index (χ1) is 9.31. The number of rotatable bonds is 7. The smallest absolute Gasteiger partial charge is 0.407 e. The minimum absolute atomic E-state index is 0.211. The van der Waals surface area contributed by atoms with Crippen LogP contribution < -0.4 is 5.32 Å². The lowest BCUT2D eigenvalue weighted by atomic mass is 10.2. The summed E-state index contributed by atoms with van der Waals surface area (Å²) in [6.45, 7) is 9.04. The van der Waals surface area contributed by atoms with Gasteiger partial charge < -0.3 is 14.8 Å². The van der Waals surface area contributed by atoms with Crippen molar-refractivity contribution in [3.05, 3.63) is 0 Å². The molecule has 0 saturated heterocycles. The molecule has 0 aliphatic heterocycles. The molecule has 1 aliphatic carbocycles. The summed E-state index contributed by atoms with van der Waals surface area (Å²) in [4.78, 5) is 25.1. The molecule has 0 radical (unpaired) electrons. The highest BCUT2D eigenvalue weighted by atomic mass is 16.6. The predicted octanol–water partition coefficient (Wildman–Crippen LogP) is 1.54. The molecule has 0 unspecified atom stereocenters. The molecule has 0 atom stereocenters. The first kappa shape index (κ1) is 16.8. The molecule has 0 aromatic rings. The summed E-state index contributed by atoms with van der Waals surface area (Å²) >= 11 is 0. The zero-order valence-corrected chi connectivity index (χ0v) is 12.9. The van der Waals surface area contributed by atoms with Crippen molar-refractivity contribution in [1.82, 2.24) is 10.2 Å². The maximum Gasteiger partial charge on any atom is 0.407 e. The quantitative estimate of drug-likeness (QED) is 0.719. The van der Waals surface area contributed by atoms with Crippen LogP contribution in [0.3, 0.4) is 0 Å². The molecular formula is C14H26N2O4. The van der Waals surface area contributed by atoms with E-state index in [1.54, 1.807) is 6.92 Å². The number of amides is 1. The molecule has 1 aliphatic rings. The van der Waals surface area contributed by atoms with Gasteiger partial charge in [-0.15, -0.1) is 0 Å². The standard InChI is InChI=1S/C14H26N2O4/c1-5-19-12(17)10-16(11-6-7-11)9-8-15-13(18)20-14(2,3)4/h11H,5-10H2,1-4H3,(H,15,18). The molecule has 1 amide bonds. The topological polar surface area (TPSA) is 67.9 Å². The van der Waals surface area contributed by atoms with Crippen molar-refractivity contribution in [3.8, 4) is 0 Å². The van der Waals surface area contributed by atoms with Crippen molar-refractivity contribution < 1.29 is 19.1 Å². The van der Waals surface area contributed by atoms with Crippen LogP contribution in [0.5, 0.6) is 0 Å². The van der Waals surface area contributed by atoms with E-state index in [2.05, 4.69) is 10.2 Å². The normalized spacial score (nSPS) is 15.1. The van der Waals surface area contributed by atoms with Gasteiger partial charge in [-0.05, 0) is 40.5 Å². The van der Waals surface area contributed by atoms with Crippen LogP contribution in [0.1, 0.15) is 40.5 Å². The molecule has 6 nitrogen and oxygen atoms in total. The lowest BCUT2D eigenvalue weighted by Crippen LogP contribution is -2.41. The van der Waals surface area contributed by atoms with Crippen LogP contribution in [0, 0.1) is 0 Å². The third kappa shape index (κ3) is 7.33. The molecule has 1 saturated carbocycles. The van der Waals surface area contributed by atoms with Crippen LogP contribution in [0.25, 0.3) is 0 Å². The summed E-state index contributed by atoms with van der Waals surface area (Å²) in [5.41, 5.74) is -0.495. The van der Waals surface area contributed by atoms with Crippen molar-refractivity contribution in [2.75, 3.05) is 26.2 Å². The Balaban J connectivity index is 2.26. The van der Waals surface area contributed by atoms with Crippen molar-refractivity contribution in [2.24, 2.45) is 0 Å². The number of ether oxygens (including phenoxy) is 2. The van der Waals surface area contributed by atoms with Crippen molar-refractivity contribution in [2.45, 2.75) is 52.2 Å². The van der Waals surface area contributed by atoms with E-state index in [0.29, 0.717) is 25.7 Å². The largest absolute Gasteiger partial charge is 0.465 e. The zero-order valence-electron chi connectivity index (χ0n) is 12.9. The van der Waals surface area contributed by atoms with Crippen molar-refractivity contribution in [1.29, 1.82) is 0 Å². The van der Waals surface area contributed by atoms with Crippen LogP contribution in [-0.4, -0.2) is 54.8 Å². The average molecular weight is 286 g/mol. The van der Waals surface area contributed by atoms with E-state index in [1.165, 1.54) is 0 Å². The molecule has 0 spiro atoms. The van der Waals surface area contributed by atoms with Gasteiger partial charge in [-0.1, -0.05) is 0 Å². The summed E-state index contributed by atoms with van der Waals surface area (Å²) in [6, 6.07) is 0.444. The van der Waals surface area contributed by atoms with Gasteiger partial charge in [0.2, 0.25) is 0 Å². The van der Waals surface area contributed by atoms with Gasteiger partial charge in [0.15, 0.2) is 0 Å². The molecule has 6 heteroatoms. The Morgan fingerprint density at radius 1 is 1.30 bits per heavy atom. The number of hydrogen-bond donors (Lipinski definition) is 1. The number of carbonyl (C=O) groups excluding carboxylic acids is 2. The van der Waals surface area contributed by atoms with Gasteiger partial charge in [-0.2, -0.15) is 0 Å². The summed E-state index contributed by atoms with van der Waals surface area (Å²) < 4.78 is 10.1. The number of carbonyl (C=O) groups is 2. The van der Waals surface area contributed by atoms with Gasteiger partial charge in [0.1, 0.15) is 5.60 Å². The first-order valence-electron chi connectivity index (χ1n) is 7.18. The van der Waals surface area contributed by atoms with Crippen LogP contribution in [0.4, 0.5) is 4.79 Å². The molecule has 20 heavy (non-hydrogen) atoms. The number of nitrogens with one attached hydrogen (secondary N) is 1. The van der Waals surface area contributed by atoms with Crippen molar-refractivity contribution in [3.63, 3.8) is 0 Å². The Kier molecular flexibility index (Phi) is 6.26. The Labute approximate surface area is 120 Å². The van der Waals surface area contributed by atoms with Crippen molar-refractivity contribution >= 4 is 12.1 Å². The SMILES string of the molecule is CCOC(=O)CN(CCNC(=O)OC(C)(C)C)C1CC1.